The van der Waals surface area contributed by atoms with Crippen LogP contribution in [0.15, 0.2) is 0 Å². The van der Waals surface area contributed by atoms with Gasteiger partial charge in [-0.05, 0) is 53.0 Å². The van der Waals surface area contributed by atoms with Crippen LogP contribution >= 0.6 is 0 Å². The van der Waals surface area contributed by atoms with Crippen LogP contribution in [0.25, 0.3) is 0 Å². The normalized spacial score (nSPS) is 23.1. The van der Waals surface area contributed by atoms with E-state index in [4.69, 9.17) is 0 Å². The Morgan fingerprint density at radius 2 is 1.92 bits per heavy atom. The van der Waals surface area contributed by atoms with Crippen LogP contribution < -0.4 is 0 Å². The summed E-state index contributed by atoms with van der Waals surface area (Å²) < 4.78 is 0. The van der Waals surface area contributed by atoms with Crippen LogP contribution in [0.5, 0.6) is 0 Å². The van der Waals surface area contributed by atoms with Gasteiger partial charge in [0.15, 0.2) is 0 Å². The van der Waals surface area contributed by atoms with Crippen molar-refractivity contribution < 1.29 is 0 Å². The van der Waals surface area contributed by atoms with Gasteiger partial charge in [0.05, 0.1) is 0 Å². The second kappa shape index (κ2) is 7.34. The number of rotatable bonds is 3. The molecule has 13 heavy (non-hydrogen) atoms. The van der Waals surface area contributed by atoms with Crippen LogP contribution in [-0.2, 0) is 0 Å². The fourth-order valence-electron chi connectivity index (χ4n) is 1.70. The maximum Gasteiger partial charge on any atom is 0.000756 e. The Hall–Kier alpha value is -0.0800. The highest BCUT2D eigenvalue weighted by Gasteiger charge is 2.18. The first-order valence-corrected chi connectivity index (χ1v) is 5.52. The van der Waals surface area contributed by atoms with Crippen molar-refractivity contribution in [2.24, 2.45) is 5.92 Å². The molecule has 0 aromatic carbocycles. The second-order valence-corrected chi connectivity index (χ2v) is 4.01. The molecule has 0 aromatic heterocycles. The lowest BCUT2D eigenvalue weighted by Crippen LogP contribution is -2.19. The quantitative estimate of drug-likeness (QED) is 0.664. The third-order valence-corrected chi connectivity index (χ3v) is 2.47. The van der Waals surface area contributed by atoms with E-state index in [1.54, 1.807) is 0 Å². The zero-order chi connectivity index (χ0) is 10.3. The Bertz CT molecular complexity index is 113. The molecule has 0 aliphatic carbocycles. The Kier molecular flexibility index (Phi) is 7.29. The molecule has 0 saturated carbocycles. The van der Waals surface area contributed by atoms with Crippen LogP contribution in [-0.4, -0.2) is 50.6 Å². The molecule has 1 aliphatic rings. The third-order valence-electron chi connectivity index (χ3n) is 2.47. The molecule has 0 spiro atoms. The maximum absolute atomic E-state index is 2.43. The largest absolute Gasteiger partial charge is 0.309 e. The van der Waals surface area contributed by atoms with Crippen LogP contribution in [0.4, 0.5) is 0 Å². The van der Waals surface area contributed by atoms with E-state index in [2.05, 4.69) is 30.9 Å². The lowest BCUT2D eigenvalue weighted by Gasteiger charge is -2.13. The van der Waals surface area contributed by atoms with E-state index in [1.807, 2.05) is 13.8 Å². The van der Waals surface area contributed by atoms with E-state index >= 15 is 0 Å². The van der Waals surface area contributed by atoms with Crippen molar-refractivity contribution in [1.29, 1.82) is 0 Å². The molecule has 0 radical (unpaired) electrons. The van der Waals surface area contributed by atoms with E-state index in [1.165, 1.54) is 32.5 Å². The predicted molar refractivity (Wildman–Crippen MR) is 60.1 cm³/mol. The summed E-state index contributed by atoms with van der Waals surface area (Å²) in [5, 5.41) is 0. The van der Waals surface area contributed by atoms with Gasteiger partial charge in [-0.25, -0.2) is 0 Å². The van der Waals surface area contributed by atoms with Crippen LogP contribution in [0.2, 0.25) is 0 Å². The fraction of sp³-hybridized carbons (Fsp3) is 1.00. The molecular formula is C11H26N2. The summed E-state index contributed by atoms with van der Waals surface area (Å²) in [6, 6.07) is 0. The molecule has 1 unspecified atom stereocenters. The van der Waals surface area contributed by atoms with Gasteiger partial charge in [-0.1, -0.05) is 13.8 Å². The molecule has 0 aromatic rings. The van der Waals surface area contributed by atoms with E-state index in [9.17, 15) is 0 Å². The van der Waals surface area contributed by atoms with Gasteiger partial charge in [0.25, 0.3) is 0 Å². The molecule has 1 saturated heterocycles. The summed E-state index contributed by atoms with van der Waals surface area (Å²) in [5.74, 6) is 0.961. The zero-order valence-corrected chi connectivity index (χ0v) is 10.0. The number of hydrogen-bond donors (Lipinski definition) is 0. The van der Waals surface area contributed by atoms with Gasteiger partial charge >= 0.3 is 0 Å². The molecule has 2 nitrogen and oxygen atoms in total. The highest BCUT2D eigenvalue weighted by atomic mass is 15.1. The van der Waals surface area contributed by atoms with Crippen molar-refractivity contribution in [3.05, 3.63) is 0 Å². The Morgan fingerprint density at radius 3 is 2.31 bits per heavy atom. The van der Waals surface area contributed by atoms with Gasteiger partial charge in [0.1, 0.15) is 0 Å². The van der Waals surface area contributed by atoms with Gasteiger partial charge in [-0.15, -0.1) is 0 Å². The summed E-state index contributed by atoms with van der Waals surface area (Å²) in [6.07, 6.45) is 2.78. The minimum absolute atomic E-state index is 0.961. The molecule has 0 N–H and O–H groups in total. The van der Waals surface area contributed by atoms with Crippen molar-refractivity contribution in [1.82, 2.24) is 9.80 Å². The average Bonchev–Trinajstić information content (AvgIpc) is 2.52. The van der Waals surface area contributed by atoms with Crippen molar-refractivity contribution in [2.75, 3.05) is 40.8 Å². The van der Waals surface area contributed by atoms with E-state index in [0.717, 1.165) is 5.92 Å². The summed E-state index contributed by atoms with van der Waals surface area (Å²) in [6.45, 7) is 7.87. The van der Waals surface area contributed by atoms with Crippen LogP contribution in [0.1, 0.15) is 26.7 Å². The summed E-state index contributed by atoms with van der Waals surface area (Å²) in [7, 11) is 6.52. The molecule has 1 atom stereocenters. The molecule has 0 bridgehead atoms. The summed E-state index contributed by atoms with van der Waals surface area (Å²) in [4.78, 5) is 4.71. The molecule has 2 heteroatoms. The van der Waals surface area contributed by atoms with E-state index < -0.39 is 0 Å². The van der Waals surface area contributed by atoms with Crippen LogP contribution in [0, 0.1) is 5.92 Å². The number of hydrogen-bond acceptors (Lipinski definition) is 2. The lowest BCUT2D eigenvalue weighted by molar-refractivity contribution is 0.338. The molecule has 1 fully saturated rings. The molecule has 1 aliphatic heterocycles. The highest BCUT2D eigenvalue weighted by molar-refractivity contribution is 4.73. The smallest absolute Gasteiger partial charge is 0.000756 e. The Morgan fingerprint density at radius 1 is 1.31 bits per heavy atom. The first kappa shape index (κ1) is 12.9. The van der Waals surface area contributed by atoms with Gasteiger partial charge in [0, 0.05) is 6.54 Å². The topological polar surface area (TPSA) is 6.48 Å². The first-order chi connectivity index (χ1) is 6.18. The SMILES string of the molecule is CC.CN(C)CCC1CCN(C)C1. The molecule has 1 rings (SSSR count). The van der Waals surface area contributed by atoms with Gasteiger partial charge in [-0.2, -0.15) is 0 Å². The second-order valence-electron chi connectivity index (χ2n) is 4.01. The van der Waals surface area contributed by atoms with Gasteiger partial charge in [-0.3, -0.25) is 0 Å². The molecule has 1 heterocycles. The minimum Gasteiger partial charge on any atom is -0.309 e. The molecule has 80 valence electrons. The highest BCUT2D eigenvalue weighted by Crippen LogP contribution is 2.17. The van der Waals surface area contributed by atoms with Crippen molar-refractivity contribution in [2.45, 2.75) is 26.7 Å². The summed E-state index contributed by atoms with van der Waals surface area (Å²) in [5.41, 5.74) is 0. The lowest BCUT2D eigenvalue weighted by atomic mass is 10.1. The third kappa shape index (κ3) is 6.05. The van der Waals surface area contributed by atoms with E-state index in [-0.39, 0.29) is 0 Å². The Labute approximate surface area is 83.9 Å². The van der Waals surface area contributed by atoms with Gasteiger partial charge < -0.3 is 9.80 Å². The monoisotopic (exact) mass is 186 g/mol. The zero-order valence-electron chi connectivity index (χ0n) is 10.0. The van der Waals surface area contributed by atoms with Crippen LogP contribution in [0.3, 0.4) is 0 Å². The molecular weight excluding hydrogens is 160 g/mol. The standard InChI is InChI=1S/C9H20N2.C2H6/c1-10(2)6-4-9-5-7-11(3)8-9;1-2/h9H,4-8H2,1-3H3;1-2H3. The van der Waals surface area contributed by atoms with Crippen molar-refractivity contribution in [3.63, 3.8) is 0 Å². The van der Waals surface area contributed by atoms with Crippen molar-refractivity contribution in [3.8, 4) is 0 Å². The fourth-order valence-corrected chi connectivity index (χ4v) is 1.70. The minimum atomic E-state index is 0.961. The average molecular weight is 186 g/mol. The predicted octanol–water partition coefficient (Wildman–Crippen LogP) is 1.92. The number of nitrogens with zero attached hydrogens (tertiary/aromatic N) is 2. The Balaban J connectivity index is 0.000000671. The van der Waals surface area contributed by atoms with Crippen molar-refractivity contribution >= 4 is 0 Å². The molecule has 0 amide bonds. The first-order valence-electron chi connectivity index (χ1n) is 5.52. The maximum atomic E-state index is 2.43. The number of likely N-dealkylation sites (tertiary alicyclic amines) is 1. The van der Waals surface area contributed by atoms with E-state index in [0.29, 0.717) is 0 Å². The summed E-state index contributed by atoms with van der Waals surface area (Å²) >= 11 is 0. The van der Waals surface area contributed by atoms with Gasteiger partial charge in [0.2, 0.25) is 0 Å².